The van der Waals surface area contributed by atoms with E-state index in [0.717, 1.165) is 17.2 Å². The number of hydrogen-bond acceptors (Lipinski definition) is 1. The Balaban J connectivity index is 1.60. The summed E-state index contributed by atoms with van der Waals surface area (Å²) in [5, 5.41) is 0.793. The Bertz CT molecular complexity index is 887. The highest BCUT2D eigenvalue weighted by Gasteiger charge is 2.50. The normalized spacial score (nSPS) is 26.8. The quantitative estimate of drug-likeness (QED) is 0.540. The molecule has 0 aromatic heterocycles. The Kier molecular flexibility index (Phi) is 3.57. The summed E-state index contributed by atoms with van der Waals surface area (Å²) in [5.74, 6) is 2.33. The van der Waals surface area contributed by atoms with Crippen LogP contribution in [-0.2, 0) is 0 Å². The van der Waals surface area contributed by atoms with E-state index in [9.17, 15) is 0 Å². The van der Waals surface area contributed by atoms with Crippen LogP contribution in [0.5, 0.6) is 5.75 Å². The molecule has 4 atom stereocenters. The molecule has 0 amide bonds. The van der Waals surface area contributed by atoms with Crippen molar-refractivity contribution in [2.24, 2.45) is 0 Å². The van der Waals surface area contributed by atoms with E-state index in [1.807, 2.05) is 12.1 Å². The molecule has 3 aromatic rings. The van der Waals surface area contributed by atoms with E-state index in [4.69, 9.17) is 16.3 Å². The number of benzene rings is 3. The summed E-state index contributed by atoms with van der Waals surface area (Å²) >= 11 is 6.11. The molecule has 0 saturated heterocycles. The number of halogens is 1. The second-order valence-corrected chi connectivity index (χ2v) is 7.49. The van der Waals surface area contributed by atoms with Crippen molar-refractivity contribution in [1.82, 2.24) is 0 Å². The summed E-state index contributed by atoms with van der Waals surface area (Å²) in [4.78, 5) is 0. The molecule has 1 aliphatic carbocycles. The van der Waals surface area contributed by atoms with Crippen molar-refractivity contribution in [3.05, 3.63) is 101 Å². The molecule has 124 valence electrons. The molecule has 0 N–H and O–H groups in total. The minimum atomic E-state index is 0.209. The van der Waals surface area contributed by atoms with Crippen molar-refractivity contribution in [3.8, 4) is 5.75 Å². The van der Waals surface area contributed by atoms with Crippen LogP contribution in [0, 0.1) is 0 Å². The van der Waals surface area contributed by atoms with Crippen LogP contribution < -0.4 is 4.74 Å². The highest BCUT2D eigenvalue weighted by Crippen LogP contribution is 2.58. The molecule has 4 unspecified atom stereocenters. The van der Waals surface area contributed by atoms with Gasteiger partial charge in [-0.25, -0.2) is 0 Å². The maximum absolute atomic E-state index is 6.45. The van der Waals surface area contributed by atoms with Crippen LogP contribution in [0.4, 0.5) is 0 Å². The van der Waals surface area contributed by atoms with Crippen molar-refractivity contribution in [1.29, 1.82) is 0 Å². The number of para-hydroxylation sites is 1. The number of rotatable bonds is 2. The molecule has 1 fully saturated rings. The van der Waals surface area contributed by atoms with Gasteiger partial charge in [-0.3, -0.25) is 0 Å². The Morgan fingerprint density at radius 2 is 1.40 bits per heavy atom. The van der Waals surface area contributed by atoms with E-state index in [1.165, 1.54) is 16.7 Å². The second-order valence-electron chi connectivity index (χ2n) is 7.06. The zero-order valence-corrected chi connectivity index (χ0v) is 14.6. The van der Waals surface area contributed by atoms with Crippen molar-refractivity contribution >= 4 is 11.6 Å². The highest BCUT2D eigenvalue weighted by molar-refractivity contribution is 6.30. The average molecular weight is 347 g/mol. The molecule has 0 spiro atoms. The maximum atomic E-state index is 6.45. The minimum Gasteiger partial charge on any atom is -0.489 e. The van der Waals surface area contributed by atoms with Crippen LogP contribution in [0.1, 0.15) is 40.9 Å². The van der Waals surface area contributed by atoms with Gasteiger partial charge in [0.25, 0.3) is 0 Å². The highest BCUT2D eigenvalue weighted by atomic mass is 35.5. The number of hydrogen-bond donors (Lipinski definition) is 0. The van der Waals surface area contributed by atoms with Crippen molar-refractivity contribution in [2.45, 2.75) is 30.3 Å². The van der Waals surface area contributed by atoms with Gasteiger partial charge in [-0.15, -0.1) is 0 Å². The van der Waals surface area contributed by atoms with E-state index in [2.05, 4.69) is 66.7 Å². The van der Waals surface area contributed by atoms with Crippen molar-refractivity contribution in [3.63, 3.8) is 0 Å². The van der Waals surface area contributed by atoms with Crippen LogP contribution in [0.15, 0.2) is 78.9 Å². The van der Waals surface area contributed by atoms with Gasteiger partial charge in [0.1, 0.15) is 11.9 Å². The number of ether oxygens (including phenoxy) is 1. The Morgan fingerprint density at radius 1 is 0.720 bits per heavy atom. The summed E-state index contributed by atoms with van der Waals surface area (Å²) in [6.07, 6.45) is 1.32. The molecular weight excluding hydrogens is 328 g/mol. The first-order chi connectivity index (χ1) is 12.3. The summed E-state index contributed by atoms with van der Waals surface area (Å²) < 4.78 is 6.45. The van der Waals surface area contributed by atoms with Gasteiger partial charge in [-0.05, 0) is 41.7 Å². The fraction of sp³-hybridized carbons (Fsp3) is 0.217. The van der Waals surface area contributed by atoms with Gasteiger partial charge in [0, 0.05) is 22.4 Å². The van der Waals surface area contributed by atoms with Crippen LogP contribution in [-0.4, -0.2) is 6.10 Å². The van der Waals surface area contributed by atoms with E-state index in [0.29, 0.717) is 17.8 Å². The zero-order valence-electron chi connectivity index (χ0n) is 13.8. The molecule has 0 radical (unpaired) electrons. The van der Waals surface area contributed by atoms with Gasteiger partial charge < -0.3 is 4.74 Å². The summed E-state index contributed by atoms with van der Waals surface area (Å²) in [7, 11) is 0. The van der Waals surface area contributed by atoms with E-state index in [1.54, 1.807) is 0 Å². The third kappa shape index (κ3) is 2.46. The van der Waals surface area contributed by atoms with E-state index in [-0.39, 0.29) is 6.10 Å². The molecule has 25 heavy (non-hydrogen) atoms. The molecule has 1 heterocycles. The third-order valence-corrected chi connectivity index (χ3v) is 6.01. The first-order valence-corrected chi connectivity index (χ1v) is 9.25. The molecule has 3 aromatic carbocycles. The molecule has 2 aliphatic rings. The zero-order chi connectivity index (χ0) is 16.8. The molecule has 1 nitrogen and oxygen atoms in total. The largest absolute Gasteiger partial charge is 0.489 e. The SMILES string of the molecule is Clc1ccc(C2CC(c3ccccc3)C3Oc4ccccc4C23)cc1. The van der Waals surface area contributed by atoms with E-state index < -0.39 is 0 Å². The first-order valence-electron chi connectivity index (χ1n) is 8.87. The Labute approximate surface area is 153 Å². The van der Waals surface area contributed by atoms with Crippen LogP contribution in [0.3, 0.4) is 0 Å². The molecule has 1 saturated carbocycles. The summed E-state index contributed by atoms with van der Waals surface area (Å²) in [6.45, 7) is 0. The predicted molar refractivity (Wildman–Crippen MR) is 102 cm³/mol. The average Bonchev–Trinajstić information content (AvgIpc) is 3.20. The molecule has 5 rings (SSSR count). The topological polar surface area (TPSA) is 9.23 Å². The molecule has 2 heteroatoms. The van der Waals surface area contributed by atoms with Gasteiger partial charge in [0.05, 0.1) is 0 Å². The Morgan fingerprint density at radius 3 is 2.20 bits per heavy atom. The minimum absolute atomic E-state index is 0.209. The van der Waals surface area contributed by atoms with Gasteiger partial charge in [-0.1, -0.05) is 72.3 Å². The fourth-order valence-corrected chi connectivity index (χ4v) is 4.80. The number of fused-ring (bicyclic) bond motifs is 3. The fourth-order valence-electron chi connectivity index (χ4n) is 4.67. The Hall–Kier alpha value is -2.25. The van der Waals surface area contributed by atoms with Gasteiger partial charge in [0.15, 0.2) is 0 Å². The lowest BCUT2D eigenvalue weighted by atomic mass is 9.84. The van der Waals surface area contributed by atoms with Gasteiger partial charge >= 0.3 is 0 Å². The summed E-state index contributed by atoms with van der Waals surface area (Å²) in [5.41, 5.74) is 4.09. The monoisotopic (exact) mass is 346 g/mol. The second kappa shape index (κ2) is 5.93. The van der Waals surface area contributed by atoms with E-state index >= 15 is 0 Å². The van der Waals surface area contributed by atoms with Crippen LogP contribution in [0.2, 0.25) is 5.02 Å². The lowest BCUT2D eigenvalue weighted by molar-refractivity contribution is 0.203. The van der Waals surface area contributed by atoms with Crippen molar-refractivity contribution < 1.29 is 4.74 Å². The van der Waals surface area contributed by atoms with Gasteiger partial charge in [0.2, 0.25) is 0 Å². The maximum Gasteiger partial charge on any atom is 0.123 e. The predicted octanol–water partition coefficient (Wildman–Crippen LogP) is 6.16. The lowest BCUT2D eigenvalue weighted by Crippen LogP contribution is -2.20. The standard InChI is InChI=1S/C23H19ClO/c24-17-12-10-16(11-13-17)19-14-20(15-6-2-1-3-7-15)23-22(19)18-8-4-5-9-21(18)25-23/h1-13,19-20,22-23H,14H2. The van der Waals surface area contributed by atoms with Crippen LogP contribution >= 0.6 is 11.6 Å². The van der Waals surface area contributed by atoms with Crippen LogP contribution in [0.25, 0.3) is 0 Å². The first kappa shape index (κ1) is 15.0. The van der Waals surface area contributed by atoms with Crippen molar-refractivity contribution in [2.75, 3.05) is 0 Å². The summed E-state index contributed by atoms with van der Waals surface area (Å²) in [6, 6.07) is 27.7. The molecular formula is C23H19ClO. The molecule has 1 aliphatic heterocycles. The smallest absolute Gasteiger partial charge is 0.123 e. The van der Waals surface area contributed by atoms with Gasteiger partial charge in [-0.2, -0.15) is 0 Å². The molecule has 0 bridgehead atoms. The third-order valence-electron chi connectivity index (χ3n) is 5.76. The lowest BCUT2D eigenvalue weighted by Gasteiger charge is -2.19.